The summed E-state index contributed by atoms with van der Waals surface area (Å²) >= 11 is 0. The molecule has 1 aromatic heterocycles. The first-order chi connectivity index (χ1) is 17.0. The summed E-state index contributed by atoms with van der Waals surface area (Å²) in [5, 5.41) is 23.7. The molecule has 11 heteroatoms. The van der Waals surface area contributed by atoms with E-state index >= 15 is 0 Å². The normalized spacial score (nSPS) is 33.7. The Bertz CT molecular complexity index is 1240. The number of rotatable bonds is 5. The lowest BCUT2D eigenvalue weighted by Gasteiger charge is -2.38. The fraction of sp³-hybridized carbons (Fsp3) is 0.583. The van der Waals surface area contributed by atoms with E-state index in [0.29, 0.717) is 18.3 Å². The van der Waals surface area contributed by atoms with E-state index in [-0.39, 0.29) is 42.0 Å². The van der Waals surface area contributed by atoms with Crippen LogP contribution in [0, 0.1) is 17.2 Å². The number of piperazine rings is 1. The molecule has 3 aliphatic heterocycles. The van der Waals surface area contributed by atoms with E-state index in [1.54, 1.807) is 4.90 Å². The molecule has 35 heavy (non-hydrogen) atoms. The number of likely N-dealkylation sites (tertiary alicyclic amines) is 3. The summed E-state index contributed by atoms with van der Waals surface area (Å²) in [6, 6.07) is 7.57. The molecule has 1 aromatic carbocycles. The maximum Gasteiger partial charge on any atom is 0.242 e. The van der Waals surface area contributed by atoms with Crippen molar-refractivity contribution in [3.63, 3.8) is 0 Å². The highest BCUT2D eigenvalue weighted by molar-refractivity contribution is 5.87. The predicted octanol–water partition coefficient (Wildman–Crippen LogP) is -0.0206. The summed E-state index contributed by atoms with van der Waals surface area (Å²) in [5.41, 5.74) is 9.70. The molecule has 2 amide bonds. The van der Waals surface area contributed by atoms with Gasteiger partial charge in [-0.1, -0.05) is 12.1 Å². The predicted molar refractivity (Wildman–Crippen MR) is 122 cm³/mol. The van der Waals surface area contributed by atoms with Crippen LogP contribution >= 0.6 is 0 Å². The number of tetrazole rings is 1. The van der Waals surface area contributed by atoms with Crippen LogP contribution in [0.3, 0.4) is 0 Å². The topological polar surface area (TPSA) is 148 Å². The van der Waals surface area contributed by atoms with Crippen LogP contribution in [-0.2, 0) is 16.0 Å². The number of nitrogens with two attached hydrogens (primary N) is 1. The summed E-state index contributed by atoms with van der Waals surface area (Å²) in [7, 11) is 0. The molecule has 0 spiro atoms. The van der Waals surface area contributed by atoms with E-state index < -0.39 is 6.04 Å². The third kappa shape index (κ3) is 3.13. The van der Waals surface area contributed by atoms with Crippen LogP contribution in [0.25, 0.3) is 11.4 Å². The summed E-state index contributed by atoms with van der Waals surface area (Å²) < 4.78 is 0. The van der Waals surface area contributed by atoms with Gasteiger partial charge in [0.25, 0.3) is 0 Å². The zero-order valence-electron chi connectivity index (χ0n) is 19.2. The number of nitriles is 1. The lowest BCUT2D eigenvalue weighted by atomic mass is 10.0. The molecular formula is C24H27N9O2. The first-order valence-electron chi connectivity index (χ1n) is 12.4. The highest BCUT2D eigenvalue weighted by atomic mass is 16.2. The average molecular weight is 474 g/mol. The van der Waals surface area contributed by atoms with Gasteiger partial charge in [0, 0.05) is 30.7 Å². The van der Waals surface area contributed by atoms with Crippen molar-refractivity contribution in [2.45, 2.75) is 68.4 Å². The Labute approximate surface area is 202 Å². The fourth-order valence-corrected chi connectivity index (χ4v) is 7.02. The molecule has 5 aliphatic rings. The number of aryl methyl sites for hydroxylation is 1. The number of nitrogens with zero attached hydrogens (tertiary/aromatic N) is 7. The van der Waals surface area contributed by atoms with Crippen molar-refractivity contribution in [3.05, 3.63) is 29.3 Å². The number of fused-ring (bicyclic) bond motifs is 4. The van der Waals surface area contributed by atoms with Crippen molar-refractivity contribution in [1.82, 2.24) is 35.3 Å². The minimum Gasteiger partial charge on any atom is -0.330 e. The van der Waals surface area contributed by atoms with E-state index in [4.69, 9.17) is 5.73 Å². The molecular weight excluding hydrogens is 446 g/mol. The van der Waals surface area contributed by atoms with Crippen LogP contribution < -0.4 is 5.73 Å². The number of hydrogen-bond acceptors (Lipinski definition) is 8. The Balaban J connectivity index is 1.03. The molecule has 180 valence electrons. The van der Waals surface area contributed by atoms with Crippen molar-refractivity contribution in [2.24, 2.45) is 11.7 Å². The molecule has 1 saturated carbocycles. The van der Waals surface area contributed by atoms with Crippen LogP contribution in [0.15, 0.2) is 18.2 Å². The van der Waals surface area contributed by atoms with Gasteiger partial charge in [0.2, 0.25) is 17.6 Å². The molecule has 2 aromatic rings. The van der Waals surface area contributed by atoms with Crippen LogP contribution in [-0.4, -0.2) is 90.4 Å². The summed E-state index contributed by atoms with van der Waals surface area (Å²) in [4.78, 5) is 32.4. The lowest BCUT2D eigenvalue weighted by Crippen LogP contribution is -2.57. The minimum absolute atomic E-state index is 0.0806. The lowest BCUT2D eigenvalue weighted by molar-refractivity contribution is -0.141. The van der Waals surface area contributed by atoms with Gasteiger partial charge in [-0.2, -0.15) is 10.5 Å². The second kappa shape index (κ2) is 7.57. The molecule has 4 fully saturated rings. The Morgan fingerprint density at radius 2 is 2.17 bits per heavy atom. The van der Waals surface area contributed by atoms with Crippen LogP contribution in [0.1, 0.15) is 42.9 Å². The van der Waals surface area contributed by atoms with Gasteiger partial charge in [0.1, 0.15) is 6.04 Å². The Kier molecular flexibility index (Phi) is 4.53. The number of benzene rings is 1. The number of nitrogens with one attached hydrogen (secondary N) is 1. The van der Waals surface area contributed by atoms with Crippen LogP contribution in [0.4, 0.5) is 0 Å². The molecule has 3 saturated heterocycles. The highest BCUT2D eigenvalue weighted by Crippen LogP contribution is 2.48. The van der Waals surface area contributed by atoms with E-state index in [1.165, 1.54) is 11.1 Å². The van der Waals surface area contributed by atoms with Gasteiger partial charge in [0.15, 0.2) is 0 Å². The summed E-state index contributed by atoms with van der Waals surface area (Å²) in [6.45, 7) is 1.10. The van der Waals surface area contributed by atoms with E-state index in [1.807, 2.05) is 6.07 Å². The fourth-order valence-electron chi connectivity index (χ4n) is 7.02. The number of aromatic nitrogens is 4. The first kappa shape index (κ1) is 21.0. The molecule has 7 atom stereocenters. The van der Waals surface area contributed by atoms with E-state index in [0.717, 1.165) is 44.2 Å². The highest BCUT2D eigenvalue weighted by Gasteiger charge is 2.56. The number of amides is 2. The molecule has 4 heterocycles. The van der Waals surface area contributed by atoms with Gasteiger partial charge in [-0.25, -0.2) is 0 Å². The summed E-state index contributed by atoms with van der Waals surface area (Å²) in [5.74, 6) is 1.03. The van der Waals surface area contributed by atoms with Crippen molar-refractivity contribution in [3.8, 4) is 17.5 Å². The van der Waals surface area contributed by atoms with E-state index in [2.05, 4.69) is 48.6 Å². The van der Waals surface area contributed by atoms with Gasteiger partial charge < -0.3 is 15.5 Å². The Morgan fingerprint density at radius 3 is 2.94 bits per heavy atom. The molecule has 2 bridgehead atoms. The number of hydrogen-bond donors (Lipinski definition) is 2. The Hall–Kier alpha value is -3.36. The quantitative estimate of drug-likeness (QED) is 0.616. The SMILES string of the molecule is N#CC1CC2CC2N1C(=O)C(N)CN1C[C@@H]2CC1C(=O)N2[C@H]1CCc2cc(-c3nn[nH]n3)ccc21. The minimum atomic E-state index is -0.707. The molecule has 0 radical (unpaired) electrons. The molecule has 7 rings (SSSR count). The molecule has 2 aliphatic carbocycles. The summed E-state index contributed by atoms with van der Waals surface area (Å²) in [6.07, 6.45) is 4.35. The van der Waals surface area contributed by atoms with Gasteiger partial charge in [-0.3, -0.25) is 14.5 Å². The molecule has 5 unspecified atom stereocenters. The van der Waals surface area contributed by atoms with Crippen LogP contribution in [0.2, 0.25) is 0 Å². The standard InChI is InChI=1S/C24H27N9O2/c25-9-15-6-14-7-20(14)32(15)23(34)18(26)11-31-10-16-8-21(31)24(35)33(16)19-4-2-12-5-13(1-3-17(12)19)22-27-29-30-28-22/h1,3,5,14-16,18-21H,2,4,6-8,10-11,26H2,(H,27,28,29,30)/t14?,15?,16-,18?,19-,20?,21?/m0/s1. The van der Waals surface area contributed by atoms with Crippen LogP contribution in [0.5, 0.6) is 0 Å². The number of piperidine rings is 1. The monoisotopic (exact) mass is 473 g/mol. The molecule has 11 nitrogen and oxygen atoms in total. The maximum atomic E-state index is 13.5. The van der Waals surface area contributed by atoms with Crippen molar-refractivity contribution in [2.75, 3.05) is 13.1 Å². The number of carbonyl (C=O) groups excluding carboxylic acids is 2. The van der Waals surface area contributed by atoms with Gasteiger partial charge in [0.05, 0.1) is 24.2 Å². The molecule has 3 N–H and O–H groups in total. The van der Waals surface area contributed by atoms with Gasteiger partial charge in [-0.15, -0.1) is 10.2 Å². The zero-order valence-corrected chi connectivity index (χ0v) is 19.2. The van der Waals surface area contributed by atoms with Crippen molar-refractivity contribution in [1.29, 1.82) is 5.26 Å². The smallest absolute Gasteiger partial charge is 0.242 e. The van der Waals surface area contributed by atoms with E-state index in [9.17, 15) is 14.9 Å². The largest absolute Gasteiger partial charge is 0.330 e. The number of H-pyrrole nitrogens is 1. The zero-order chi connectivity index (χ0) is 23.8. The average Bonchev–Trinajstić information content (AvgIpc) is 3.43. The third-order valence-electron chi connectivity index (χ3n) is 8.70. The number of carbonyl (C=O) groups is 2. The number of aromatic amines is 1. The second-order valence-electron chi connectivity index (χ2n) is 10.6. The maximum absolute atomic E-state index is 13.5. The Morgan fingerprint density at radius 1 is 1.29 bits per heavy atom. The first-order valence-corrected chi connectivity index (χ1v) is 12.4. The van der Waals surface area contributed by atoms with Crippen molar-refractivity contribution < 1.29 is 9.59 Å². The second-order valence-corrected chi connectivity index (χ2v) is 10.6. The van der Waals surface area contributed by atoms with Gasteiger partial charge in [-0.05, 0) is 60.4 Å². The third-order valence-corrected chi connectivity index (χ3v) is 8.70. The van der Waals surface area contributed by atoms with Gasteiger partial charge >= 0.3 is 0 Å². The van der Waals surface area contributed by atoms with Crippen molar-refractivity contribution >= 4 is 11.8 Å².